The Hall–Kier alpha value is -0.890. The van der Waals surface area contributed by atoms with Crippen LogP contribution in [-0.4, -0.2) is 51.6 Å². The van der Waals surface area contributed by atoms with E-state index in [-0.39, 0.29) is 5.92 Å². The summed E-state index contributed by atoms with van der Waals surface area (Å²) in [6, 6.07) is 1.67. The number of hydrogen-bond acceptors (Lipinski definition) is 4. The van der Waals surface area contributed by atoms with Crippen LogP contribution in [0.3, 0.4) is 0 Å². The van der Waals surface area contributed by atoms with Gasteiger partial charge in [0.2, 0.25) is 10.0 Å². The van der Waals surface area contributed by atoms with Crippen LogP contribution in [0.1, 0.15) is 19.5 Å². The SMILES string of the molecule is CNCc1cc(S(=O)(=O)N(CCOC)CC(C)C)c[nH]1. The van der Waals surface area contributed by atoms with Crippen molar-refractivity contribution in [1.29, 1.82) is 0 Å². The molecule has 116 valence electrons. The maximum atomic E-state index is 12.6. The average molecular weight is 303 g/mol. The summed E-state index contributed by atoms with van der Waals surface area (Å²) >= 11 is 0. The van der Waals surface area contributed by atoms with Gasteiger partial charge < -0.3 is 15.0 Å². The summed E-state index contributed by atoms with van der Waals surface area (Å²) in [5, 5.41) is 2.98. The van der Waals surface area contributed by atoms with Crippen LogP contribution in [0.15, 0.2) is 17.2 Å². The molecule has 0 spiro atoms. The van der Waals surface area contributed by atoms with Gasteiger partial charge in [0.1, 0.15) is 0 Å². The summed E-state index contributed by atoms with van der Waals surface area (Å²) in [6.07, 6.45) is 1.54. The van der Waals surface area contributed by atoms with Crippen LogP contribution in [0.5, 0.6) is 0 Å². The fourth-order valence-corrected chi connectivity index (χ4v) is 3.53. The lowest BCUT2D eigenvalue weighted by Gasteiger charge is -2.23. The number of ether oxygens (including phenoxy) is 1. The van der Waals surface area contributed by atoms with E-state index in [1.54, 1.807) is 19.4 Å². The van der Waals surface area contributed by atoms with E-state index in [0.29, 0.717) is 31.1 Å². The van der Waals surface area contributed by atoms with Crippen LogP contribution in [0, 0.1) is 5.92 Å². The molecule has 1 rings (SSSR count). The third-order valence-corrected chi connectivity index (χ3v) is 4.68. The van der Waals surface area contributed by atoms with Gasteiger partial charge in [0.15, 0.2) is 0 Å². The first-order valence-electron chi connectivity index (χ1n) is 6.72. The number of rotatable bonds is 9. The largest absolute Gasteiger partial charge is 0.383 e. The van der Waals surface area contributed by atoms with E-state index in [2.05, 4.69) is 10.3 Å². The molecule has 1 aromatic heterocycles. The van der Waals surface area contributed by atoms with Gasteiger partial charge in [0.05, 0.1) is 11.5 Å². The van der Waals surface area contributed by atoms with Crippen molar-refractivity contribution in [2.45, 2.75) is 25.3 Å². The van der Waals surface area contributed by atoms with Crippen molar-refractivity contribution in [1.82, 2.24) is 14.6 Å². The second kappa shape index (κ2) is 7.78. The van der Waals surface area contributed by atoms with Crippen molar-refractivity contribution in [2.24, 2.45) is 5.92 Å². The summed E-state index contributed by atoms with van der Waals surface area (Å²) in [6.45, 7) is 5.84. The number of methoxy groups -OCH3 is 1. The zero-order chi connectivity index (χ0) is 15.2. The van der Waals surface area contributed by atoms with Crippen molar-refractivity contribution < 1.29 is 13.2 Å². The standard InChI is InChI=1S/C13H25N3O3S/c1-11(2)10-16(5-6-19-4)20(17,18)13-7-12(8-14-3)15-9-13/h7,9,11,14-15H,5-6,8,10H2,1-4H3. The highest BCUT2D eigenvalue weighted by molar-refractivity contribution is 7.89. The Morgan fingerprint density at radius 3 is 2.70 bits per heavy atom. The molecule has 0 unspecified atom stereocenters. The molecule has 2 N–H and O–H groups in total. The highest BCUT2D eigenvalue weighted by Crippen LogP contribution is 2.18. The van der Waals surface area contributed by atoms with Crippen molar-refractivity contribution >= 4 is 10.0 Å². The van der Waals surface area contributed by atoms with E-state index in [9.17, 15) is 8.42 Å². The molecule has 20 heavy (non-hydrogen) atoms. The summed E-state index contributed by atoms with van der Waals surface area (Å²) in [5.74, 6) is 0.261. The number of aromatic nitrogens is 1. The van der Waals surface area contributed by atoms with Gasteiger partial charge in [-0.15, -0.1) is 0 Å². The van der Waals surface area contributed by atoms with Crippen molar-refractivity contribution in [3.8, 4) is 0 Å². The van der Waals surface area contributed by atoms with Gasteiger partial charge in [-0.25, -0.2) is 8.42 Å². The zero-order valence-electron chi connectivity index (χ0n) is 12.6. The summed E-state index contributed by atoms with van der Waals surface area (Å²) < 4.78 is 31.7. The Labute approximate surface area is 121 Å². The van der Waals surface area contributed by atoms with Crippen molar-refractivity contribution in [3.63, 3.8) is 0 Å². The Morgan fingerprint density at radius 2 is 2.15 bits per heavy atom. The number of nitrogens with zero attached hydrogens (tertiary/aromatic N) is 1. The van der Waals surface area contributed by atoms with Crippen LogP contribution >= 0.6 is 0 Å². The summed E-state index contributed by atoms with van der Waals surface area (Å²) in [7, 11) is -0.0825. The normalized spacial score (nSPS) is 12.5. The molecule has 0 amide bonds. The maximum absolute atomic E-state index is 12.6. The predicted octanol–water partition coefficient (Wildman–Crippen LogP) is 1.03. The number of H-pyrrole nitrogens is 1. The van der Waals surface area contributed by atoms with Gasteiger partial charge in [-0.05, 0) is 19.0 Å². The Bertz CT molecular complexity index is 497. The van der Waals surface area contributed by atoms with E-state index >= 15 is 0 Å². The lowest BCUT2D eigenvalue weighted by atomic mass is 10.2. The Morgan fingerprint density at radius 1 is 1.45 bits per heavy atom. The van der Waals surface area contributed by atoms with E-state index in [1.807, 2.05) is 20.9 Å². The van der Waals surface area contributed by atoms with Gasteiger partial charge >= 0.3 is 0 Å². The Balaban J connectivity index is 2.94. The lowest BCUT2D eigenvalue weighted by molar-refractivity contribution is 0.175. The monoisotopic (exact) mass is 303 g/mol. The Kier molecular flexibility index (Phi) is 6.67. The molecular weight excluding hydrogens is 278 g/mol. The molecule has 0 atom stereocenters. The van der Waals surface area contributed by atoms with E-state index in [4.69, 9.17) is 4.74 Å². The van der Waals surface area contributed by atoms with Crippen LogP contribution < -0.4 is 5.32 Å². The molecule has 0 bridgehead atoms. The number of sulfonamides is 1. The predicted molar refractivity (Wildman–Crippen MR) is 79.0 cm³/mol. The quantitative estimate of drug-likeness (QED) is 0.714. The number of nitrogens with one attached hydrogen (secondary N) is 2. The minimum atomic E-state index is -3.47. The second-order valence-electron chi connectivity index (χ2n) is 5.14. The highest BCUT2D eigenvalue weighted by Gasteiger charge is 2.25. The number of hydrogen-bond donors (Lipinski definition) is 2. The zero-order valence-corrected chi connectivity index (χ0v) is 13.5. The van der Waals surface area contributed by atoms with E-state index in [0.717, 1.165) is 5.69 Å². The molecule has 1 aromatic rings. The van der Waals surface area contributed by atoms with Crippen molar-refractivity contribution in [3.05, 3.63) is 18.0 Å². The molecule has 1 heterocycles. The minimum Gasteiger partial charge on any atom is -0.383 e. The van der Waals surface area contributed by atoms with Crippen LogP contribution in [-0.2, 0) is 21.3 Å². The van der Waals surface area contributed by atoms with Gasteiger partial charge in [-0.3, -0.25) is 0 Å². The van der Waals surface area contributed by atoms with Crippen LogP contribution in [0.25, 0.3) is 0 Å². The molecular formula is C13H25N3O3S. The highest BCUT2D eigenvalue weighted by atomic mass is 32.2. The van der Waals surface area contributed by atoms with Gasteiger partial charge in [0, 0.05) is 38.6 Å². The van der Waals surface area contributed by atoms with Crippen LogP contribution in [0.2, 0.25) is 0 Å². The first-order valence-corrected chi connectivity index (χ1v) is 8.16. The maximum Gasteiger partial charge on any atom is 0.244 e. The lowest BCUT2D eigenvalue weighted by Crippen LogP contribution is -2.36. The molecule has 0 fully saturated rings. The first-order chi connectivity index (χ1) is 9.41. The molecule has 7 heteroatoms. The molecule has 0 aliphatic carbocycles. The van der Waals surface area contributed by atoms with Gasteiger partial charge in [0.25, 0.3) is 0 Å². The van der Waals surface area contributed by atoms with Gasteiger partial charge in [-0.1, -0.05) is 13.8 Å². The van der Waals surface area contributed by atoms with Crippen LogP contribution in [0.4, 0.5) is 0 Å². The minimum absolute atomic E-state index is 0.261. The summed E-state index contributed by atoms with van der Waals surface area (Å²) in [4.78, 5) is 3.28. The molecule has 0 saturated heterocycles. The molecule has 0 aliphatic heterocycles. The number of aromatic amines is 1. The fraction of sp³-hybridized carbons (Fsp3) is 0.692. The first kappa shape index (κ1) is 17.2. The van der Waals surface area contributed by atoms with E-state index in [1.165, 1.54) is 4.31 Å². The van der Waals surface area contributed by atoms with Gasteiger partial charge in [-0.2, -0.15) is 4.31 Å². The molecule has 0 radical (unpaired) electrons. The smallest absolute Gasteiger partial charge is 0.244 e. The topological polar surface area (TPSA) is 74.4 Å². The summed E-state index contributed by atoms with van der Waals surface area (Å²) in [5.41, 5.74) is 0.849. The molecule has 0 aromatic carbocycles. The molecule has 6 nitrogen and oxygen atoms in total. The molecule has 0 saturated carbocycles. The second-order valence-corrected chi connectivity index (χ2v) is 7.08. The molecule has 0 aliphatic rings. The third kappa shape index (κ3) is 4.59. The van der Waals surface area contributed by atoms with E-state index < -0.39 is 10.0 Å². The van der Waals surface area contributed by atoms with Crippen molar-refractivity contribution in [2.75, 3.05) is 33.9 Å². The fourth-order valence-electron chi connectivity index (χ4n) is 1.92. The third-order valence-electron chi connectivity index (χ3n) is 2.83. The average Bonchev–Trinajstić information content (AvgIpc) is 2.83.